The summed E-state index contributed by atoms with van der Waals surface area (Å²) in [6.45, 7) is 3.61. The van der Waals surface area contributed by atoms with E-state index < -0.39 is 0 Å². The molecule has 9 nitrogen and oxygen atoms in total. The van der Waals surface area contributed by atoms with Crippen LogP contribution in [0.4, 0.5) is 4.39 Å². The van der Waals surface area contributed by atoms with Gasteiger partial charge in [0.05, 0.1) is 23.3 Å². The van der Waals surface area contributed by atoms with Crippen molar-refractivity contribution >= 4 is 28.0 Å². The Kier molecular flexibility index (Phi) is 4.28. The van der Waals surface area contributed by atoms with Crippen molar-refractivity contribution in [2.75, 3.05) is 0 Å². The zero-order valence-electron chi connectivity index (χ0n) is 17.0. The summed E-state index contributed by atoms with van der Waals surface area (Å²) in [6, 6.07) is 5.88. The number of halogens is 1. The Morgan fingerprint density at radius 2 is 2.16 bits per heavy atom. The van der Waals surface area contributed by atoms with E-state index in [0.29, 0.717) is 45.1 Å². The molecule has 5 rings (SSSR count). The van der Waals surface area contributed by atoms with Crippen LogP contribution in [0.2, 0.25) is 0 Å². The molecule has 0 fully saturated rings. The average Bonchev–Trinajstić information content (AvgIpc) is 3.45. The van der Waals surface area contributed by atoms with Gasteiger partial charge in [0, 0.05) is 24.7 Å². The molecule has 0 saturated carbocycles. The first-order valence-electron chi connectivity index (χ1n) is 9.61. The Morgan fingerprint density at radius 1 is 1.32 bits per heavy atom. The molecule has 1 atom stereocenters. The van der Waals surface area contributed by atoms with Crippen LogP contribution in [0, 0.1) is 12.7 Å². The number of nitrogens with one attached hydrogen (secondary N) is 2. The molecular formula is C21H18FN7O2. The summed E-state index contributed by atoms with van der Waals surface area (Å²) in [7, 11) is 1.74. The van der Waals surface area contributed by atoms with Gasteiger partial charge in [-0.1, -0.05) is 5.16 Å². The van der Waals surface area contributed by atoms with E-state index >= 15 is 0 Å². The summed E-state index contributed by atoms with van der Waals surface area (Å²) in [4.78, 5) is 24.9. The van der Waals surface area contributed by atoms with Crippen molar-refractivity contribution in [1.82, 2.24) is 35.2 Å². The van der Waals surface area contributed by atoms with Crippen molar-refractivity contribution in [2.24, 2.45) is 7.05 Å². The third-order valence-corrected chi connectivity index (χ3v) is 5.12. The second-order valence-corrected chi connectivity index (χ2v) is 7.35. The predicted molar refractivity (Wildman–Crippen MR) is 111 cm³/mol. The molecule has 0 aliphatic carbocycles. The fourth-order valence-electron chi connectivity index (χ4n) is 3.54. The molecule has 10 heteroatoms. The zero-order valence-corrected chi connectivity index (χ0v) is 17.0. The minimum atomic E-state index is -0.347. The number of hydrogen-bond donors (Lipinski definition) is 2. The molecule has 0 radical (unpaired) electrons. The summed E-state index contributed by atoms with van der Waals surface area (Å²) < 4.78 is 20.3. The van der Waals surface area contributed by atoms with E-state index in [0.717, 1.165) is 5.39 Å². The molecule has 0 spiro atoms. The Hall–Kier alpha value is -4.08. The molecule has 4 heterocycles. The van der Waals surface area contributed by atoms with Crippen molar-refractivity contribution in [2.45, 2.75) is 19.9 Å². The number of carbonyl (C=O) groups is 1. The number of nitrogens with zero attached hydrogens (tertiary/aromatic N) is 5. The van der Waals surface area contributed by atoms with Gasteiger partial charge in [0.25, 0.3) is 5.91 Å². The van der Waals surface area contributed by atoms with Gasteiger partial charge in [0.2, 0.25) is 0 Å². The van der Waals surface area contributed by atoms with E-state index in [2.05, 4.69) is 30.5 Å². The topological polar surface area (TPSA) is 115 Å². The van der Waals surface area contributed by atoms with Gasteiger partial charge < -0.3 is 14.8 Å². The first-order chi connectivity index (χ1) is 14.9. The van der Waals surface area contributed by atoms with Crippen LogP contribution in [0.25, 0.3) is 33.5 Å². The van der Waals surface area contributed by atoms with Gasteiger partial charge >= 0.3 is 0 Å². The molecule has 1 aromatic carbocycles. The van der Waals surface area contributed by atoms with E-state index in [1.165, 1.54) is 12.1 Å². The lowest BCUT2D eigenvalue weighted by Crippen LogP contribution is -2.26. The summed E-state index contributed by atoms with van der Waals surface area (Å²) in [5.74, 6) is 0.00424. The van der Waals surface area contributed by atoms with Crippen molar-refractivity contribution in [3.05, 3.63) is 59.5 Å². The second kappa shape index (κ2) is 7.01. The number of aromatic amines is 1. The Labute approximate surface area is 175 Å². The van der Waals surface area contributed by atoms with Crippen LogP contribution < -0.4 is 5.32 Å². The van der Waals surface area contributed by atoms with E-state index in [1.807, 2.05) is 6.92 Å². The minimum Gasteiger partial charge on any atom is -0.361 e. The highest BCUT2D eigenvalue weighted by Crippen LogP contribution is 2.28. The van der Waals surface area contributed by atoms with Gasteiger partial charge in [-0.15, -0.1) is 0 Å². The Morgan fingerprint density at radius 3 is 2.94 bits per heavy atom. The van der Waals surface area contributed by atoms with Crippen LogP contribution in [0.3, 0.4) is 0 Å². The summed E-state index contributed by atoms with van der Waals surface area (Å²) in [5, 5.41) is 12.1. The van der Waals surface area contributed by atoms with Crippen LogP contribution >= 0.6 is 0 Å². The van der Waals surface area contributed by atoms with Crippen LogP contribution in [0.15, 0.2) is 41.2 Å². The van der Waals surface area contributed by atoms with Gasteiger partial charge in [-0.05, 0) is 32.0 Å². The van der Waals surface area contributed by atoms with E-state index in [9.17, 15) is 9.18 Å². The molecule has 0 saturated heterocycles. The number of benzene rings is 1. The molecule has 156 valence electrons. The first kappa shape index (κ1) is 18.9. The minimum absolute atomic E-state index is 0.321. The highest BCUT2D eigenvalue weighted by Gasteiger charge is 2.20. The van der Waals surface area contributed by atoms with E-state index in [1.54, 1.807) is 43.2 Å². The molecule has 1 amide bonds. The maximum atomic E-state index is 13.6. The van der Waals surface area contributed by atoms with Crippen LogP contribution in [-0.2, 0) is 7.05 Å². The number of aryl methyl sites for hydroxylation is 2. The normalized spacial score (nSPS) is 12.5. The smallest absolute Gasteiger partial charge is 0.255 e. The monoisotopic (exact) mass is 419 g/mol. The number of carbonyl (C=O) groups excluding carboxylic acids is 1. The van der Waals surface area contributed by atoms with Gasteiger partial charge in [0.1, 0.15) is 34.2 Å². The number of rotatable bonds is 4. The summed E-state index contributed by atoms with van der Waals surface area (Å²) in [6.07, 6.45) is 3.14. The molecule has 4 aromatic heterocycles. The first-order valence-corrected chi connectivity index (χ1v) is 9.61. The largest absolute Gasteiger partial charge is 0.361 e. The Bertz CT molecular complexity index is 1450. The standard InChI is InChI=1S/C21H18FN7O2/c1-10-6-15(28-31-10)11(2)25-21(30)14-8-23-20-19(14)26-16(9-24-20)18-13-5-4-12(22)7-17(13)29(3)27-18/h4-9,11H,1-3H3,(H,23,24)(H,25,30). The maximum Gasteiger partial charge on any atom is 0.255 e. The van der Waals surface area contributed by atoms with Gasteiger partial charge in [-0.2, -0.15) is 5.10 Å². The zero-order chi connectivity index (χ0) is 21.7. The third kappa shape index (κ3) is 3.21. The molecule has 2 N–H and O–H groups in total. The van der Waals surface area contributed by atoms with Crippen molar-refractivity contribution in [3.8, 4) is 11.4 Å². The molecule has 0 aliphatic heterocycles. The predicted octanol–water partition coefficient (Wildman–Crippen LogP) is 3.44. The van der Waals surface area contributed by atoms with Crippen LogP contribution in [0.5, 0.6) is 0 Å². The fourth-order valence-corrected chi connectivity index (χ4v) is 3.54. The molecule has 0 bridgehead atoms. The van der Waals surface area contributed by atoms with E-state index in [4.69, 9.17) is 4.52 Å². The maximum absolute atomic E-state index is 13.6. The fraction of sp³-hybridized carbons (Fsp3) is 0.190. The van der Waals surface area contributed by atoms with Crippen LogP contribution in [-0.4, -0.2) is 35.8 Å². The van der Waals surface area contributed by atoms with Crippen LogP contribution in [0.1, 0.15) is 34.8 Å². The Balaban J connectivity index is 1.52. The number of aromatic nitrogens is 6. The molecule has 31 heavy (non-hydrogen) atoms. The average molecular weight is 419 g/mol. The van der Waals surface area contributed by atoms with E-state index in [-0.39, 0.29) is 17.8 Å². The molecule has 5 aromatic rings. The van der Waals surface area contributed by atoms with Gasteiger partial charge in [-0.3, -0.25) is 9.48 Å². The number of H-pyrrole nitrogens is 1. The highest BCUT2D eigenvalue weighted by atomic mass is 19.1. The summed E-state index contributed by atoms with van der Waals surface area (Å²) >= 11 is 0. The second-order valence-electron chi connectivity index (χ2n) is 7.35. The molecule has 1 unspecified atom stereocenters. The quantitative estimate of drug-likeness (QED) is 0.461. The summed E-state index contributed by atoms with van der Waals surface area (Å²) in [5.41, 5.74) is 3.56. The number of hydrogen-bond acceptors (Lipinski definition) is 6. The number of fused-ring (bicyclic) bond motifs is 2. The number of amides is 1. The lowest BCUT2D eigenvalue weighted by atomic mass is 10.1. The van der Waals surface area contributed by atoms with Gasteiger partial charge in [0.15, 0.2) is 5.65 Å². The van der Waals surface area contributed by atoms with Crippen molar-refractivity contribution < 1.29 is 13.7 Å². The third-order valence-electron chi connectivity index (χ3n) is 5.12. The molecular weight excluding hydrogens is 401 g/mol. The lowest BCUT2D eigenvalue weighted by Gasteiger charge is -2.10. The highest BCUT2D eigenvalue weighted by molar-refractivity contribution is 6.05. The van der Waals surface area contributed by atoms with Crippen molar-refractivity contribution in [3.63, 3.8) is 0 Å². The van der Waals surface area contributed by atoms with Crippen molar-refractivity contribution in [1.29, 1.82) is 0 Å². The lowest BCUT2D eigenvalue weighted by molar-refractivity contribution is 0.0940. The molecule has 0 aliphatic rings. The SMILES string of the molecule is Cc1cc(C(C)NC(=O)c2c[nH]c3ncc(-c4nn(C)c5cc(F)ccc45)nc23)no1. The van der Waals surface area contributed by atoms with Gasteiger partial charge in [-0.25, -0.2) is 14.4 Å².